The molecule has 148 valence electrons. The second-order valence-corrected chi connectivity index (χ2v) is 9.07. The number of rotatable bonds is 6. The van der Waals surface area contributed by atoms with Gasteiger partial charge in [0, 0.05) is 11.4 Å². The summed E-state index contributed by atoms with van der Waals surface area (Å²) >= 11 is 2.94. The van der Waals surface area contributed by atoms with Crippen molar-refractivity contribution in [2.45, 2.75) is 26.8 Å². The highest BCUT2D eigenvalue weighted by Crippen LogP contribution is 2.26. The van der Waals surface area contributed by atoms with Gasteiger partial charge in [0.1, 0.15) is 10.7 Å². The Balaban J connectivity index is 1.63. The summed E-state index contributed by atoms with van der Waals surface area (Å²) in [7, 11) is 0. The lowest BCUT2D eigenvalue weighted by atomic mass is 10.1. The van der Waals surface area contributed by atoms with Crippen LogP contribution in [0.4, 0.5) is 0 Å². The Hall–Kier alpha value is -2.77. The van der Waals surface area contributed by atoms with Crippen LogP contribution in [-0.4, -0.2) is 27.3 Å². The number of nitrogens with zero attached hydrogens (tertiary/aromatic N) is 2. The van der Waals surface area contributed by atoms with Gasteiger partial charge in [0.2, 0.25) is 0 Å². The zero-order valence-corrected chi connectivity index (χ0v) is 17.9. The van der Waals surface area contributed by atoms with Crippen molar-refractivity contribution in [1.82, 2.24) is 14.9 Å². The van der Waals surface area contributed by atoms with Crippen LogP contribution >= 0.6 is 22.7 Å². The maximum Gasteiger partial charge on any atom is 0.264 e. The van der Waals surface area contributed by atoms with E-state index < -0.39 is 0 Å². The van der Waals surface area contributed by atoms with Gasteiger partial charge in [-0.3, -0.25) is 9.59 Å². The Morgan fingerprint density at radius 3 is 2.66 bits per heavy atom. The quantitative estimate of drug-likeness (QED) is 0.495. The Kier molecular flexibility index (Phi) is 5.60. The van der Waals surface area contributed by atoms with E-state index in [-0.39, 0.29) is 18.0 Å². The number of nitrogens with one attached hydrogen (secondary N) is 1. The molecule has 0 bridgehead atoms. The van der Waals surface area contributed by atoms with Crippen molar-refractivity contribution in [2.24, 2.45) is 0 Å². The number of aromatic nitrogens is 2. The molecule has 7 heteroatoms. The molecule has 0 aliphatic rings. The van der Waals surface area contributed by atoms with Gasteiger partial charge in [0.05, 0.1) is 16.8 Å². The normalized spacial score (nSPS) is 11.1. The van der Waals surface area contributed by atoms with Gasteiger partial charge in [-0.1, -0.05) is 36.4 Å². The van der Waals surface area contributed by atoms with E-state index >= 15 is 0 Å². The number of hydrogen-bond donors (Lipinski definition) is 1. The molecule has 0 atom stereocenters. The zero-order chi connectivity index (χ0) is 20.4. The third kappa shape index (κ3) is 4.16. The Bertz CT molecular complexity index is 1190. The van der Waals surface area contributed by atoms with Crippen molar-refractivity contribution < 1.29 is 4.79 Å². The lowest BCUT2D eigenvalue weighted by Crippen LogP contribution is -2.33. The topological polar surface area (TPSA) is 66.1 Å². The molecule has 29 heavy (non-hydrogen) atoms. The van der Waals surface area contributed by atoms with Gasteiger partial charge in [0.15, 0.2) is 0 Å². The lowest BCUT2D eigenvalue weighted by molar-refractivity contribution is 0.0745. The first kappa shape index (κ1) is 19.5. The van der Waals surface area contributed by atoms with Gasteiger partial charge < -0.3 is 9.88 Å². The van der Waals surface area contributed by atoms with Crippen molar-refractivity contribution in [2.75, 3.05) is 6.54 Å². The van der Waals surface area contributed by atoms with Crippen molar-refractivity contribution >= 4 is 38.8 Å². The smallest absolute Gasteiger partial charge is 0.264 e. The number of fused-ring (bicyclic) bond motifs is 1. The summed E-state index contributed by atoms with van der Waals surface area (Å²) in [5, 5.41) is 2.54. The molecule has 5 nitrogen and oxygen atoms in total. The zero-order valence-electron chi connectivity index (χ0n) is 16.3. The summed E-state index contributed by atoms with van der Waals surface area (Å²) in [6.45, 7) is 4.75. The molecule has 0 radical (unpaired) electrons. The maximum absolute atomic E-state index is 13.1. The highest BCUT2D eigenvalue weighted by Gasteiger charge is 2.19. The molecule has 0 saturated heterocycles. The highest BCUT2D eigenvalue weighted by molar-refractivity contribution is 7.18. The van der Waals surface area contributed by atoms with Gasteiger partial charge in [-0.25, -0.2) is 4.98 Å². The molecule has 3 aromatic heterocycles. The molecule has 4 aromatic rings. The molecule has 1 amide bonds. The van der Waals surface area contributed by atoms with Crippen LogP contribution in [0.25, 0.3) is 10.2 Å². The maximum atomic E-state index is 13.1. The first-order valence-electron chi connectivity index (χ1n) is 9.38. The lowest BCUT2D eigenvalue weighted by Gasteiger charge is -2.21. The van der Waals surface area contributed by atoms with Gasteiger partial charge in [-0.05, 0) is 42.8 Å². The number of aryl methyl sites for hydroxylation is 2. The molecule has 0 spiro atoms. The predicted molar refractivity (Wildman–Crippen MR) is 119 cm³/mol. The Morgan fingerprint density at radius 1 is 1.14 bits per heavy atom. The van der Waals surface area contributed by atoms with E-state index in [1.54, 1.807) is 4.90 Å². The van der Waals surface area contributed by atoms with Gasteiger partial charge >= 0.3 is 0 Å². The Labute approximate surface area is 176 Å². The molecule has 0 aliphatic carbocycles. The van der Waals surface area contributed by atoms with Crippen LogP contribution in [0.1, 0.15) is 31.5 Å². The van der Waals surface area contributed by atoms with Crippen LogP contribution in [0.3, 0.4) is 0 Å². The summed E-state index contributed by atoms with van der Waals surface area (Å²) in [5.74, 6) is 0.471. The highest BCUT2D eigenvalue weighted by atomic mass is 32.1. The molecule has 0 aliphatic heterocycles. The largest absolute Gasteiger partial charge is 0.330 e. The average molecular weight is 424 g/mol. The predicted octanol–water partition coefficient (Wildman–Crippen LogP) is 4.55. The van der Waals surface area contributed by atoms with E-state index in [0.29, 0.717) is 22.6 Å². The van der Waals surface area contributed by atoms with E-state index in [9.17, 15) is 9.59 Å². The molecule has 1 aromatic carbocycles. The van der Waals surface area contributed by atoms with Crippen molar-refractivity contribution in [3.8, 4) is 0 Å². The van der Waals surface area contributed by atoms with Crippen molar-refractivity contribution in [3.05, 3.63) is 84.9 Å². The van der Waals surface area contributed by atoms with Gasteiger partial charge in [-0.2, -0.15) is 0 Å². The standard InChI is InChI=1S/C22H21N3O2S2/c1-14-15(2)29-21-19(14)20(26)23-18(24-21)13-25(22(27)17-9-6-12-28-17)11-10-16-7-4-3-5-8-16/h3-9,12H,10-11,13H2,1-2H3,(H,23,24,26). The van der Waals surface area contributed by atoms with Crippen LogP contribution in [0, 0.1) is 13.8 Å². The summed E-state index contributed by atoms with van der Waals surface area (Å²) in [4.78, 5) is 37.5. The van der Waals surface area contributed by atoms with Crippen LogP contribution in [0.15, 0.2) is 52.6 Å². The second kappa shape index (κ2) is 8.31. The summed E-state index contributed by atoms with van der Waals surface area (Å²) in [5.41, 5.74) is 2.00. The second-order valence-electron chi connectivity index (χ2n) is 6.92. The van der Waals surface area contributed by atoms with E-state index in [2.05, 4.69) is 22.1 Å². The first-order valence-corrected chi connectivity index (χ1v) is 11.1. The SMILES string of the molecule is Cc1sc2nc(CN(CCc3ccccc3)C(=O)c3cccs3)[nH]c(=O)c2c1C. The monoisotopic (exact) mass is 423 g/mol. The van der Waals surface area contributed by atoms with Crippen LogP contribution in [0.5, 0.6) is 0 Å². The van der Waals surface area contributed by atoms with Crippen LogP contribution in [0.2, 0.25) is 0 Å². The number of H-pyrrole nitrogens is 1. The summed E-state index contributed by atoms with van der Waals surface area (Å²) in [6.07, 6.45) is 0.738. The van der Waals surface area contributed by atoms with E-state index in [1.807, 2.05) is 49.6 Å². The minimum absolute atomic E-state index is 0.0442. The third-order valence-electron chi connectivity index (χ3n) is 4.96. The number of amides is 1. The number of carbonyl (C=O) groups excluding carboxylic acids is 1. The van der Waals surface area contributed by atoms with Crippen LogP contribution < -0.4 is 5.56 Å². The molecule has 3 heterocycles. The fourth-order valence-electron chi connectivity index (χ4n) is 3.27. The molecule has 4 rings (SSSR count). The molecule has 0 saturated carbocycles. The molecule has 1 N–H and O–H groups in total. The van der Waals surface area contributed by atoms with E-state index in [4.69, 9.17) is 0 Å². The fourth-order valence-corrected chi connectivity index (χ4v) is 5.01. The van der Waals surface area contributed by atoms with Crippen LogP contribution in [-0.2, 0) is 13.0 Å². The first-order chi connectivity index (χ1) is 14.0. The minimum Gasteiger partial charge on any atom is -0.330 e. The molecular formula is C22H21N3O2S2. The van der Waals surface area contributed by atoms with E-state index in [0.717, 1.165) is 27.3 Å². The van der Waals surface area contributed by atoms with Gasteiger partial charge in [0.25, 0.3) is 11.5 Å². The fraction of sp³-hybridized carbons (Fsp3) is 0.227. The number of benzene rings is 1. The summed E-state index contributed by atoms with van der Waals surface area (Å²) < 4.78 is 0. The minimum atomic E-state index is -0.140. The molecule has 0 fully saturated rings. The average Bonchev–Trinajstić information content (AvgIpc) is 3.34. The number of carbonyl (C=O) groups is 1. The summed E-state index contributed by atoms with van der Waals surface area (Å²) in [6, 6.07) is 13.8. The number of hydrogen-bond acceptors (Lipinski definition) is 5. The van der Waals surface area contributed by atoms with Crippen molar-refractivity contribution in [3.63, 3.8) is 0 Å². The van der Waals surface area contributed by atoms with E-state index in [1.165, 1.54) is 22.7 Å². The van der Waals surface area contributed by atoms with Gasteiger partial charge in [-0.15, -0.1) is 22.7 Å². The number of aromatic amines is 1. The van der Waals surface area contributed by atoms with Crippen molar-refractivity contribution in [1.29, 1.82) is 0 Å². The molecular weight excluding hydrogens is 402 g/mol. The third-order valence-corrected chi connectivity index (χ3v) is 6.92. The number of thiophene rings is 2. The molecule has 0 unspecified atom stereocenters. The Morgan fingerprint density at radius 2 is 1.93 bits per heavy atom.